The summed E-state index contributed by atoms with van der Waals surface area (Å²) in [6.45, 7) is 1.77. The molecule has 0 radical (unpaired) electrons. The van der Waals surface area contributed by atoms with Gasteiger partial charge in [-0.1, -0.05) is 18.2 Å². The highest BCUT2D eigenvalue weighted by atomic mass is 32.1. The number of hydrogen-bond donors (Lipinski definition) is 2. The summed E-state index contributed by atoms with van der Waals surface area (Å²) in [4.78, 5) is 17.9. The van der Waals surface area contributed by atoms with Gasteiger partial charge in [0.1, 0.15) is 11.6 Å². The van der Waals surface area contributed by atoms with E-state index < -0.39 is 5.82 Å². The van der Waals surface area contributed by atoms with Gasteiger partial charge in [-0.3, -0.25) is 4.79 Å². The molecule has 0 bridgehead atoms. The predicted octanol–water partition coefficient (Wildman–Crippen LogP) is 6.31. The maximum Gasteiger partial charge on any atom is 0.250 e. The van der Waals surface area contributed by atoms with Crippen molar-refractivity contribution in [1.29, 1.82) is 0 Å². The van der Waals surface area contributed by atoms with E-state index in [0.717, 1.165) is 21.9 Å². The number of benzene rings is 3. The van der Waals surface area contributed by atoms with Gasteiger partial charge in [-0.15, -0.1) is 11.3 Å². The molecule has 32 heavy (non-hydrogen) atoms. The number of phenolic OH excluding ortho intramolecular Hbond substituents is 1. The van der Waals surface area contributed by atoms with Crippen LogP contribution in [0.3, 0.4) is 0 Å². The van der Waals surface area contributed by atoms with Gasteiger partial charge < -0.3 is 14.6 Å². The fourth-order valence-corrected chi connectivity index (χ4v) is 4.88. The Labute approximate surface area is 186 Å². The number of carbonyl (C=O) groups excluding carboxylic acids is 1. The number of hydrogen-bond acceptors (Lipinski definition) is 6. The number of oxazole rings is 1. The van der Waals surface area contributed by atoms with Crippen LogP contribution in [0.15, 0.2) is 71.3 Å². The number of nitrogens with zero attached hydrogens (tertiary/aromatic N) is 1. The molecule has 0 aliphatic carbocycles. The van der Waals surface area contributed by atoms with Gasteiger partial charge in [0, 0.05) is 26.8 Å². The van der Waals surface area contributed by atoms with Crippen LogP contribution in [-0.2, 0) is 0 Å². The topological polar surface area (TPSA) is 83.6 Å². The van der Waals surface area contributed by atoms with E-state index in [-0.39, 0.29) is 23.3 Å². The van der Waals surface area contributed by atoms with Crippen LogP contribution >= 0.6 is 11.3 Å². The fraction of sp³-hybridized carbons (Fsp3) is 0.0400. The van der Waals surface area contributed by atoms with Gasteiger partial charge in [0.2, 0.25) is 11.7 Å². The van der Waals surface area contributed by atoms with Crippen molar-refractivity contribution in [2.75, 3.05) is 0 Å². The third-order valence-corrected chi connectivity index (χ3v) is 6.39. The summed E-state index contributed by atoms with van der Waals surface area (Å²) in [5.41, 5.74) is 3.13. The Hall–Kier alpha value is -3.97. The van der Waals surface area contributed by atoms with Gasteiger partial charge in [-0.2, -0.15) is 4.98 Å². The SMILES string of the molecule is Cc1ccc(F)cc1C(=O)c1sc2cc(O)ccc2c1-c1ccc(-c2nc(O)co2)cc1. The second-order valence-electron chi connectivity index (χ2n) is 7.36. The molecule has 158 valence electrons. The molecule has 5 aromatic rings. The third kappa shape index (κ3) is 3.42. The number of carbonyl (C=O) groups is 1. The molecule has 0 aliphatic rings. The van der Waals surface area contributed by atoms with Crippen LogP contribution in [-0.4, -0.2) is 21.0 Å². The molecule has 5 rings (SSSR count). The summed E-state index contributed by atoms with van der Waals surface area (Å²) in [6, 6.07) is 16.4. The van der Waals surface area contributed by atoms with E-state index in [1.807, 2.05) is 12.1 Å². The Balaban J connectivity index is 1.68. The fourth-order valence-electron chi connectivity index (χ4n) is 3.67. The second-order valence-corrected chi connectivity index (χ2v) is 8.42. The highest BCUT2D eigenvalue weighted by Gasteiger charge is 2.23. The highest BCUT2D eigenvalue weighted by molar-refractivity contribution is 7.21. The summed E-state index contributed by atoms with van der Waals surface area (Å²) in [6.07, 6.45) is 1.15. The summed E-state index contributed by atoms with van der Waals surface area (Å²) < 4.78 is 19.9. The van der Waals surface area contributed by atoms with E-state index in [0.29, 0.717) is 27.1 Å². The summed E-state index contributed by atoms with van der Waals surface area (Å²) >= 11 is 1.26. The monoisotopic (exact) mass is 445 g/mol. The molecule has 0 aliphatic heterocycles. The minimum Gasteiger partial charge on any atom is -0.508 e. The Morgan fingerprint density at radius 2 is 1.75 bits per heavy atom. The zero-order valence-electron chi connectivity index (χ0n) is 16.8. The number of thiophene rings is 1. The van der Waals surface area contributed by atoms with Crippen molar-refractivity contribution in [3.63, 3.8) is 0 Å². The van der Waals surface area contributed by atoms with Crippen LogP contribution in [0.1, 0.15) is 20.8 Å². The molecule has 7 heteroatoms. The smallest absolute Gasteiger partial charge is 0.250 e. The van der Waals surface area contributed by atoms with Crippen LogP contribution in [0.25, 0.3) is 32.7 Å². The van der Waals surface area contributed by atoms with Gasteiger partial charge in [0.15, 0.2) is 6.26 Å². The molecule has 0 atom stereocenters. The van der Waals surface area contributed by atoms with Crippen LogP contribution in [0, 0.1) is 12.7 Å². The minimum atomic E-state index is -0.474. The van der Waals surface area contributed by atoms with Crippen LogP contribution in [0.2, 0.25) is 0 Å². The first kappa shape index (κ1) is 20.0. The van der Waals surface area contributed by atoms with Crippen LogP contribution in [0.4, 0.5) is 4.39 Å². The number of fused-ring (bicyclic) bond motifs is 1. The molecule has 0 fully saturated rings. The second kappa shape index (κ2) is 7.62. The number of ketones is 1. The lowest BCUT2D eigenvalue weighted by molar-refractivity contribution is 0.104. The van der Waals surface area contributed by atoms with Gasteiger partial charge >= 0.3 is 0 Å². The van der Waals surface area contributed by atoms with E-state index in [1.165, 1.54) is 23.5 Å². The standard InChI is InChI=1S/C25H16FNO4S/c1-13-2-7-16(26)10-19(13)23(30)24-22(18-9-8-17(28)11-20(18)32-24)14-3-5-15(6-4-14)25-27-21(29)12-31-25/h2-12,28-29H,1H3. The molecule has 2 N–H and O–H groups in total. The number of aromatic hydroxyl groups is 2. The molecule has 0 amide bonds. The molecule has 0 saturated heterocycles. The normalized spacial score (nSPS) is 11.2. The van der Waals surface area contributed by atoms with Gasteiger partial charge in [-0.05, 0) is 60.5 Å². The van der Waals surface area contributed by atoms with E-state index in [4.69, 9.17) is 4.42 Å². The van der Waals surface area contributed by atoms with E-state index in [9.17, 15) is 19.4 Å². The number of aromatic nitrogens is 1. The largest absolute Gasteiger partial charge is 0.508 e. The van der Waals surface area contributed by atoms with Crippen molar-refractivity contribution in [2.45, 2.75) is 6.92 Å². The summed E-state index contributed by atoms with van der Waals surface area (Å²) in [7, 11) is 0. The molecule has 5 nitrogen and oxygen atoms in total. The Morgan fingerprint density at radius 3 is 2.47 bits per heavy atom. The Bertz CT molecular complexity index is 1480. The molecule has 0 saturated carbocycles. The number of halogens is 1. The average molecular weight is 445 g/mol. The quantitative estimate of drug-likeness (QED) is 0.317. The van der Waals surface area contributed by atoms with E-state index in [1.54, 1.807) is 43.3 Å². The van der Waals surface area contributed by atoms with E-state index >= 15 is 0 Å². The van der Waals surface area contributed by atoms with Crippen molar-refractivity contribution in [3.05, 3.63) is 88.7 Å². The molecule has 0 unspecified atom stereocenters. The van der Waals surface area contributed by atoms with E-state index in [2.05, 4.69) is 4.98 Å². The summed E-state index contributed by atoms with van der Waals surface area (Å²) in [5.74, 6) is -0.575. The van der Waals surface area contributed by atoms with Crippen molar-refractivity contribution in [2.24, 2.45) is 0 Å². The number of rotatable bonds is 4. The lowest BCUT2D eigenvalue weighted by Gasteiger charge is -2.08. The van der Waals surface area contributed by atoms with Gasteiger partial charge in [0.05, 0.1) is 4.88 Å². The first-order chi connectivity index (χ1) is 15.4. The molecule has 2 aromatic heterocycles. The number of aryl methyl sites for hydroxylation is 1. The maximum atomic E-state index is 13.9. The number of phenols is 1. The van der Waals surface area contributed by atoms with Gasteiger partial charge in [0.25, 0.3) is 5.88 Å². The first-order valence-corrected chi connectivity index (χ1v) is 10.5. The van der Waals surface area contributed by atoms with Crippen molar-refractivity contribution >= 4 is 27.2 Å². The molecule has 3 aromatic carbocycles. The lowest BCUT2D eigenvalue weighted by atomic mass is 9.96. The zero-order valence-corrected chi connectivity index (χ0v) is 17.6. The predicted molar refractivity (Wildman–Crippen MR) is 121 cm³/mol. The van der Waals surface area contributed by atoms with Gasteiger partial charge in [-0.25, -0.2) is 4.39 Å². The molecular formula is C25H16FNO4S. The van der Waals surface area contributed by atoms with Crippen LogP contribution in [0.5, 0.6) is 11.6 Å². The molecule has 2 heterocycles. The van der Waals surface area contributed by atoms with Crippen molar-refractivity contribution in [1.82, 2.24) is 4.98 Å². The zero-order chi connectivity index (χ0) is 22.4. The summed E-state index contributed by atoms with van der Waals surface area (Å²) in [5, 5.41) is 20.2. The minimum absolute atomic E-state index is 0.102. The third-order valence-electron chi connectivity index (χ3n) is 5.24. The van der Waals surface area contributed by atoms with Crippen LogP contribution < -0.4 is 0 Å². The average Bonchev–Trinajstić information content (AvgIpc) is 3.38. The highest BCUT2D eigenvalue weighted by Crippen LogP contribution is 2.42. The molecule has 0 spiro atoms. The lowest BCUT2D eigenvalue weighted by Crippen LogP contribution is -2.04. The Kier molecular flexibility index (Phi) is 4.75. The maximum absolute atomic E-state index is 13.9. The van der Waals surface area contributed by atoms with Crippen molar-refractivity contribution in [3.8, 4) is 34.2 Å². The van der Waals surface area contributed by atoms with Crippen molar-refractivity contribution < 1.29 is 23.8 Å². The first-order valence-electron chi connectivity index (χ1n) is 9.72. The Morgan fingerprint density at radius 1 is 1.00 bits per heavy atom. The molecular weight excluding hydrogens is 429 g/mol.